The summed E-state index contributed by atoms with van der Waals surface area (Å²) in [6, 6.07) is 3.43. The van der Waals surface area contributed by atoms with E-state index in [0.29, 0.717) is 12.3 Å². The van der Waals surface area contributed by atoms with Crippen LogP contribution in [0.2, 0.25) is 0 Å². The molecular weight excluding hydrogens is 232 g/mol. The first kappa shape index (κ1) is 13.5. The van der Waals surface area contributed by atoms with Crippen molar-refractivity contribution in [2.24, 2.45) is 11.7 Å². The van der Waals surface area contributed by atoms with Crippen LogP contribution >= 0.6 is 0 Å². The molecule has 0 aliphatic heterocycles. The van der Waals surface area contributed by atoms with Crippen molar-refractivity contribution in [3.05, 3.63) is 35.4 Å². The Morgan fingerprint density at radius 3 is 2.17 bits per heavy atom. The molecule has 1 aliphatic carbocycles. The summed E-state index contributed by atoms with van der Waals surface area (Å²) in [5, 5.41) is 0. The molecule has 1 fully saturated rings. The first-order valence-corrected chi connectivity index (χ1v) is 6.88. The van der Waals surface area contributed by atoms with Crippen molar-refractivity contribution in [2.45, 2.75) is 51.0 Å². The summed E-state index contributed by atoms with van der Waals surface area (Å²) in [5.74, 6) is -0.520. The number of rotatable bonds is 3. The van der Waals surface area contributed by atoms with Crippen LogP contribution in [0.15, 0.2) is 18.2 Å². The van der Waals surface area contributed by atoms with Crippen molar-refractivity contribution in [2.75, 3.05) is 0 Å². The fraction of sp³-hybridized carbons (Fsp3) is 0.600. The molecule has 1 atom stereocenters. The van der Waals surface area contributed by atoms with Crippen LogP contribution in [0.4, 0.5) is 8.78 Å². The second-order valence-corrected chi connectivity index (χ2v) is 5.34. The Labute approximate surface area is 107 Å². The van der Waals surface area contributed by atoms with Crippen LogP contribution in [0.3, 0.4) is 0 Å². The average Bonchev–Trinajstić information content (AvgIpc) is 2.57. The predicted molar refractivity (Wildman–Crippen MR) is 69.1 cm³/mol. The molecule has 0 spiro atoms. The standard InChI is InChI=1S/C15H21F2N/c16-12-8-5-9-13(17)15(12)14(18)10-11-6-3-1-2-4-7-11/h5,8-9,11,14H,1-4,6-7,10,18H2. The van der Waals surface area contributed by atoms with Gasteiger partial charge in [-0.3, -0.25) is 0 Å². The van der Waals surface area contributed by atoms with E-state index in [1.54, 1.807) is 0 Å². The van der Waals surface area contributed by atoms with Crippen LogP contribution in [0.5, 0.6) is 0 Å². The van der Waals surface area contributed by atoms with Gasteiger partial charge in [-0.05, 0) is 24.5 Å². The van der Waals surface area contributed by atoms with Gasteiger partial charge in [-0.25, -0.2) is 8.78 Å². The zero-order chi connectivity index (χ0) is 13.0. The van der Waals surface area contributed by atoms with Crippen LogP contribution in [0.1, 0.15) is 56.6 Å². The summed E-state index contributed by atoms with van der Waals surface area (Å²) in [6.45, 7) is 0. The van der Waals surface area contributed by atoms with Gasteiger partial charge < -0.3 is 5.73 Å². The molecule has 3 heteroatoms. The topological polar surface area (TPSA) is 26.0 Å². The van der Waals surface area contributed by atoms with E-state index in [-0.39, 0.29) is 5.56 Å². The van der Waals surface area contributed by atoms with Gasteiger partial charge in [0.1, 0.15) is 11.6 Å². The van der Waals surface area contributed by atoms with E-state index >= 15 is 0 Å². The Balaban J connectivity index is 2.04. The van der Waals surface area contributed by atoms with Gasteiger partial charge in [0.2, 0.25) is 0 Å². The van der Waals surface area contributed by atoms with Crippen LogP contribution in [0, 0.1) is 17.6 Å². The summed E-state index contributed by atoms with van der Waals surface area (Å²) >= 11 is 0. The number of nitrogens with two attached hydrogens (primary N) is 1. The second kappa shape index (κ2) is 6.28. The lowest BCUT2D eigenvalue weighted by Gasteiger charge is -2.20. The summed E-state index contributed by atoms with van der Waals surface area (Å²) in [4.78, 5) is 0. The molecule has 0 radical (unpaired) electrons. The molecule has 2 N–H and O–H groups in total. The van der Waals surface area contributed by atoms with Crippen LogP contribution in [0.25, 0.3) is 0 Å². The highest BCUT2D eigenvalue weighted by Crippen LogP contribution is 2.31. The van der Waals surface area contributed by atoms with Gasteiger partial charge in [-0.1, -0.05) is 44.6 Å². The lowest BCUT2D eigenvalue weighted by atomic mass is 9.89. The highest BCUT2D eigenvalue weighted by molar-refractivity contribution is 5.23. The maximum Gasteiger partial charge on any atom is 0.130 e. The van der Waals surface area contributed by atoms with Crippen LogP contribution < -0.4 is 5.73 Å². The average molecular weight is 253 g/mol. The molecule has 1 nitrogen and oxygen atoms in total. The molecule has 1 unspecified atom stereocenters. The fourth-order valence-electron chi connectivity index (χ4n) is 2.94. The molecule has 100 valence electrons. The smallest absolute Gasteiger partial charge is 0.130 e. The molecule has 0 amide bonds. The van der Waals surface area contributed by atoms with Gasteiger partial charge in [0.05, 0.1) is 0 Å². The van der Waals surface area contributed by atoms with Crippen LogP contribution in [-0.4, -0.2) is 0 Å². The third kappa shape index (κ3) is 3.29. The Hall–Kier alpha value is -0.960. The largest absolute Gasteiger partial charge is 0.324 e. The van der Waals surface area contributed by atoms with E-state index in [2.05, 4.69) is 0 Å². The third-order valence-corrected chi connectivity index (χ3v) is 3.93. The predicted octanol–water partition coefficient (Wildman–Crippen LogP) is 4.33. The molecule has 1 saturated carbocycles. The monoisotopic (exact) mass is 253 g/mol. The van der Waals surface area contributed by atoms with Crippen molar-refractivity contribution >= 4 is 0 Å². The SMILES string of the molecule is NC(CC1CCCCCC1)c1c(F)cccc1F. The molecule has 0 aromatic heterocycles. The van der Waals surface area contributed by atoms with Crippen molar-refractivity contribution in [3.63, 3.8) is 0 Å². The molecule has 0 heterocycles. The quantitative estimate of drug-likeness (QED) is 0.797. The third-order valence-electron chi connectivity index (χ3n) is 3.93. The summed E-state index contributed by atoms with van der Waals surface area (Å²) < 4.78 is 27.2. The van der Waals surface area contributed by atoms with Crippen molar-refractivity contribution in [1.82, 2.24) is 0 Å². The summed E-state index contributed by atoms with van der Waals surface area (Å²) in [7, 11) is 0. The maximum atomic E-state index is 13.6. The molecule has 1 aromatic carbocycles. The molecule has 1 aliphatic rings. The molecule has 0 saturated heterocycles. The number of halogens is 2. The highest BCUT2D eigenvalue weighted by Gasteiger charge is 2.21. The van der Waals surface area contributed by atoms with Crippen molar-refractivity contribution < 1.29 is 8.78 Å². The Morgan fingerprint density at radius 1 is 1.06 bits per heavy atom. The zero-order valence-electron chi connectivity index (χ0n) is 10.7. The second-order valence-electron chi connectivity index (χ2n) is 5.34. The maximum absolute atomic E-state index is 13.6. The lowest BCUT2D eigenvalue weighted by Crippen LogP contribution is -2.18. The van der Waals surface area contributed by atoms with Gasteiger partial charge in [0, 0.05) is 11.6 Å². The molecule has 1 aromatic rings. The van der Waals surface area contributed by atoms with Gasteiger partial charge >= 0.3 is 0 Å². The highest BCUT2D eigenvalue weighted by atomic mass is 19.1. The van der Waals surface area contributed by atoms with E-state index < -0.39 is 17.7 Å². The summed E-state index contributed by atoms with van der Waals surface area (Å²) in [5.41, 5.74) is 6.06. The van der Waals surface area contributed by atoms with E-state index in [0.717, 1.165) is 12.8 Å². The Kier molecular flexibility index (Phi) is 4.70. The van der Waals surface area contributed by atoms with E-state index in [4.69, 9.17) is 5.73 Å². The molecule has 0 bridgehead atoms. The summed E-state index contributed by atoms with van der Waals surface area (Å²) in [6.07, 6.45) is 7.97. The molecule has 18 heavy (non-hydrogen) atoms. The fourth-order valence-corrected chi connectivity index (χ4v) is 2.94. The van der Waals surface area contributed by atoms with Crippen LogP contribution in [-0.2, 0) is 0 Å². The Bertz CT molecular complexity index is 364. The minimum absolute atomic E-state index is 0.0572. The Morgan fingerprint density at radius 2 is 1.61 bits per heavy atom. The van der Waals surface area contributed by atoms with Gasteiger partial charge in [0.15, 0.2) is 0 Å². The van der Waals surface area contributed by atoms with Crippen molar-refractivity contribution in [3.8, 4) is 0 Å². The van der Waals surface area contributed by atoms with Gasteiger partial charge in [0.25, 0.3) is 0 Å². The minimum Gasteiger partial charge on any atom is -0.324 e. The number of hydrogen-bond acceptors (Lipinski definition) is 1. The normalized spacial score (nSPS) is 19.5. The molecule has 2 rings (SSSR count). The number of hydrogen-bond donors (Lipinski definition) is 1. The van der Waals surface area contributed by atoms with Crippen molar-refractivity contribution in [1.29, 1.82) is 0 Å². The van der Waals surface area contributed by atoms with E-state index in [1.807, 2.05) is 0 Å². The van der Waals surface area contributed by atoms with Gasteiger partial charge in [-0.15, -0.1) is 0 Å². The van der Waals surface area contributed by atoms with Gasteiger partial charge in [-0.2, -0.15) is 0 Å². The lowest BCUT2D eigenvalue weighted by molar-refractivity contribution is 0.380. The van der Waals surface area contributed by atoms with E-state index in [1.165, 1.54) is 43.9 Å². The molecular formula is C15H21F2N. The number of benzene rings is 1. The first-order chi connectivity index (χ1) is 8.68. The zero-order valence-corrected chi connectivity index (χ0v) is 10.7. The minimum atomic E-state index is -0.519. The van der Waals surface area contributed by atoms with E-state index in [9.17, 15) is 8.78 Å². The first-order valence-electron chi connectivity index (χ1n) is 6.88.